The fourth-order valence-electron chi connectivity index (χ4n) is 1.91. The number of hydrogen-bond acceptors (Lipinski definition) is 3. The molecule has 0 bridgehead atoms. The molecule has 2 aromatic carbocycles. The van der Waals surface area contributed by atoms with Crippen LogP contribution in [0.25, 0.3) is 11.1 Å². The lowest BCUT2D eigenvalue weighted by Gasteiger charge is -2.16. The van der Waals surface area contributed by atoms with Crippen molar-refractivity contribution in [3.05, 3.63) is 54.1 Å². The van der Waals surface area contributed by atoms with Gasteiger partial charge in [0.1, 0.15) is 0 Å². The highest BCUT2D eigenvalue weighted by molar-refractivity contribution is 6.46. The van der Waals surface area contributed by atoms with Crippen LogP contribution in [-0.4, -0.2) is 29.5 Å². The van der Waals surface area contributed by atoms with Crippen LogP contribution in [0.1, 0.15) is 13.8 Å². The summed E-state index contributed by atoms with van der Waals surface area (Å²) in [5, 5.41) is 0.959. The molecule has 0 saturated heterocycles. The van der Waals surface area contributed by atoms with E-state index in [1.54, 1.807) is 6.07 Å². The molecule has 0 spiro atoms. The molecule has 2 radical (unpaired) electrons. The predicted octanol–water partition coefficient (Wildman–Crippen LogP) is 3.25. The highest BCUT2D eigenvalue weighted by atomic mass is 28.2. The van der Waals surface area contributed by atoms with Crippen LogP contribution in [0.4, 0.5) is 8.78 Å². The smallest absolute Gasteiger partial charge is 0.275 e. The summed E-state index contributed by atoms with van der Waals surface area (Å²) >= 11 is 0. The maximum absolute atomic E-state index is 13.3. The average molecular weight is 336 g/mol. The third-order valence-corrected chi connectivity index (χ3v) is 3.90. The number of rotatable bonds is 8. The van der Waals surface area contributed by atoms with Crippen molar-refractivity contribution in [1.82, 2.24) is 0 Å². The van der Waals surface area contributed by atoms with E-state index < -0.39 is 18.1 Å². The van der Waals surface area contributed by atoms with E-state index in [1.807, 2.05) is 38.1 Å². The van der Waals surface area contributed by atoms with Gasteiger partial charge in [-0.15, -0.1) is 0 Å². The molecule has 0 fully saturated rings. The molecule has 0 heterocycles. The minimum Gasteiger partial charge on any atom is -0.366 e. The fourth-order valence-corrected chi connectivity index (χ4v) is 2.58. The van der Waals surface area contributed by atoms with Gasteiger partial charge < -0.3 is 13.9 Å². The maximum atomic E-state index is 13.3. The SMILES string of the molecule is CCOC(OCC)O[Si]c1ccc(-c2ccc(F)c(F)c2)cc1. The zero-order valence-corrected chi connectivity index (χ0v) is 14.0. The van der Waals surface area contributed by atoms with Crippen molar-refractivity contribution < 1.29 is 22.7 Å². The third-order valence-electron chi connectivity index (χ3n) is 3.02. The summed E-state index contributed by atoms with van der Waals surface area (Å²) in [5.41, 5.74) is 1.44. The first-order valence-electron chi connectivity index (χ1n) is 7.34. The topological polar surface area (TPSA) is 27.7 Å². The van der Waals surface area contributed by atoms with Gasteiger partial charge in [0.05, 0.1) is 0 Å². The molecule has 0 atom stereocenters. The van der Waals surface area contributed by atoms with Crippen molar-refractivity contribution >= 4 is 14.9 Å². The normalized spacial score (nSPS) is 11.2. The van der Waals surface area contributed by atoms with E-state index in [-0.39, 0.29) is 9.76 Å². The van der Waals surface area contributed by atoms with Crippen molar-refractivity contribution in [3.8, 4) is 11.1 Å². The van der Waals surface area contributed by atoms with E-state index in [0.717, 1.165) is 16.8 Å². The van der Waals surface area contributed by atoms with Gasteiger partial charge in [-0.2, -0.15) is 0 Å². The lowest BCUT2D eigenvalue weighted by Crippen LogP contribution is -2.28. The van der Waals surface area contributed by atoms with Gasteiger partial charge in [0.15, 0.2) is 11.6 Å². The Balaban J connectivity index is 2.00. The second kappa shape index (κ2) is 8.88. The first-order valence-corrected chi connectivity index (χ1v) is 8.25. The minimum absolute atomic E-state index is 0.0701. The van der Waals surface area contributed by atoms with Crippen LogP contribution in [0.3, 0.4) is 0 Å². The van der Waals surface area contributed by atoms with Crippen LogP contribution in [0.5, 0.6) is 0 Å². The van der Waals surface area contributed by atoms with Crippen LogP contribution in [0.2, 0.25) is 0 Å². The minimum atomic E-state index is -0.854. The fraction of sp³-hybridized carbons (Fsp3) is 0.294. The molecule has 23 heavy (non-hydrogen) atoms. The summed E-state index contributed by atoms with van der Waals surface area (Å²) in [6, 6.07) is 11.3. The molecule has 122 valence electrons. The quantitative estimate of drug-likeness (QED) is 0.547. The van der Waals surface area contributed by atoms with Crippen molar-refractivity contribution in [2.45, 2.75) is 20.3 Å². The maximum Gasteiger partial charge on any atom is 0.275 e. The van der Waals surface area contributed by atoms with Crippen LogP contribution in [0.15, 0.2) is 42.5 Å². The van der Waals surface area contributed by atoms with Gasteiger partial charge in [0, 0.05) is 13.2 Å². The molecule has 0 unspecified atom stereocenters. The molecule has 0 aliphatic carbocycles. The summed E-state index contributed by atoms with van der Waals surface area (Å²) in [4.78, 5) is 0. The van der Waals surface area contributed by atoms with Crippen LogP contribution >= 0.6 is 0 Å². The highest BCUT2D eigenvalue weighted by Gasteiger charge is 2.10. The zero-order valence-electron chi connectivity index (χ0n) is 13.0. The molecule has 2 rings (SSSR count). The van der Waals surface area contributed by atoms with Gasteiger partial charge in [-0.05, 0) is 42.3 Å². The molecule has 0 saturated carbocycles. The first-order chi connectivity index (χ1) is 11.1. The van der Waals surface area contributed by atoms with E-state index in [2.05, 4.69) is 0 Å². The molecule has 0 aliphatic rings. The van der Waals surface area contributed by atoms with Gasteiger partial charge in [-0.1, -0.05) is 30.3 Å². The Kier molecular flexibility index (Phi) is 6.85. The Labute approximate surface area is 137 Å². The third kappa shape index (κ3) is 5.21. The summed E-state index contributed by atoms with van der Waals surface area (Å²) in [5.74, 6) is -1.70. The molecular formula is C17H18F2O3Si. The largest absolute Gasteiger partial charge is 0.366 e. The van der Waals surface area contributed by atoms with Crippen LogP contribution < -0.4 is 5.19 Å². The van der Waals surface area contributed by atoms with E-state index >= 15 is 0 Å². The van der Waals surface area contributed by atoms with E-state index in [9.17, 15) is 8.78 Å². The van der Waals surface area contributed by atoms with Gasteiger partial charge in [0.25, 0.3) is 16.2 Å². The molecular weight excluding hydrogens is 318 g/mol. The molecule has 0 aliphatic heterocycles. The summed E-state index contributed by atoms with van der Waals surface area (Å²) in [6.07, 6.45) is 0. The summed E-state index contributed by atoms with van der Waals surface area (Å²) in [6.45, 7) is 4.08. The Bertz CT molecular complexity index is 614. The second-order valence-electron chi connectivity index (χ2n) is 4.63. The first kappa shape index (κ1) is 17.7. The lowest BCUT2D eigenvalue weighted by molar-refractivity contribution is -0.242. The Hall–Kier alpha value is -1.60. The van der Waals surface area contributed by atoms with E-state index in [1.165, 1.54) is 6.07 Å². The highest BCUT2D eigenvalue weighted by Crippen LogP contribution is 2.20. The lowest BCUT2D eigenvalue weighted by atomic mass is 10.1. The van der Waals surface area contributed by atoms with E-state index in [4.69, 9.17) is 13.9 Å². The van der Waals surface area contributed by atoms with Crippen molar-refractivity contribution in [1.29, 1.82) is 0 Å². The number of halogens is 2. The Morgan fingerprint density at radius 3 is 2.04 bits per heavy atom. The number of ether oxygens (including phenoxy) is 2. The van der Waals surface area contributed by atoms with E-state index in [0.29, 0.717) is 18.8 Å². The predicted molar refractivity (Wildman–Crippen MR) is 85.3 cm³/mol. The van der Waals surface area contributed by atoms with Crippen LogP contribution in [0, 0.1) is 11.6 Å². The molecule has 3 nitrogen and oxygen atoms in total. The van der Waals surface area contributed by atoms with Crippen molar-refractivity contribution in [3.63, 3.8) is 0 Å². The molecule has 0 N–H and O–H groups in total. The standard InChI is InChI=1S/C17H18F2O3Si/c1-3-20-17(21-4-2)22-23-14-8-5-12(6-9-14)13-7-10-15(18)16(19)11-13/h5-11,17H,3-4H2,1-2H3. The molecule has 0 amide bonds. The Morgan fingerprint density at radius 2 is 1.48 bits per heavy atom. The summed E-state index contributed by atoms with van der Waals surface area (Å²) < 4.78 is 42.4. The second-order valence-corrected chi connectivity index (χ2v) is 5.64. The number of hydrogen-bond donors (Lipinski definition) is 0. The number of benzene rings is 2. The zero-order chi connectivity index (χ0) is 16.7. The summed E-state index contributed by atoms with van der Waals surface area (Å²) in [7, 11) is 0.0701. The molecule has 2 aromatic rings. The van der Waals surface area contributed by atoms with Gasteiger partial charge in [0.2, 0.25) is 0 Å². The van der Waals surface area contributed by atoms with Crippen molar-refractivity contribution in [2.75, 3.05) is 13.2 Å². The molecule has 6 heteroatoms. The monoisotopic (exact) mass is 336 g/mol. The van der Waals surface area contributed by atoms with Crippen LogP contribution in [-0.2, 0) is 13.9 Å². The average Bonchev–Trinajstić information content (AvgIpc) is 2.56. The van der Waals surface area contributed by atoms with Gasteiger partial charge >= 0.3 is 0 Å². The Morgan fingerprint density at radius 1 is 0.870 bits per heavy atom. The molecule has 0 aromatic heterocycles. The van der Waals surface area contributed by atoms with Crippen molar-refractivity contribution in [2.24, 2.45) is 0 Å². The van der Waals surface area contributed by atoms with Gasteiger partial charge in [-0.3, -0.25) is 0 Å². The van der Waals surface area contributed by atoms with Gasteiger partial charge in [-0.25, -0.2) is 8.78 Å².